The highest BCUT2D eigenvalue weighted by Crippen LogP contribution is 2.17. The Labute approximate surface area is 123 Å². The summed E-state index contributed by atoms with van der Waals surface area (Å²) in [5.41, 5.74) is 1.19. The lowest BCUT2D eigenvalue weighted by atomic mass is 10.3. The molecular weight excluding hydrogens is 276 g/mol. The fourth-order valence-corrected chi connectivity index (χ4v) is 2.54. The molecule has 0 saturated heterocycles. The number of aromatic nitrogens is 4. The first-order chi connectivity index (χ1) is 9.69. The Kier molecular flexibility index (Phi) is 5.22. The molecular formula is C13H20N4O2S. The van der Waals surface area contributed by atoms with Crippen LogP contribution in [0.4, 0.5) is 0 Å². The van der Waals surface area contributed by atoms with E-state index in [9.17, 15) is 0 Å². The van der Waals surface area contributed by atoms with Crippen molar-refractivity contribution in [3.63, 3.8) is 0 Å². The van der Waals surface area contributed by atoms with E-state index in [1.807, 2.05) is 25.6 Å². The Morgan fingerprint density at radius 1 is 1.30 bits per heavy atom. The Hall–Kier alpha value is -1.31. The smallest absolute Gasteiger partial charge is 0.191 e. The number of methoxy groups -OCH3 is 2. The van der Waals surface area contributed by atoms with Crippen LogP contribution in [0.1, 0.15) is 11.5 Å². The first-order valence-electron chi connectivity index (χ1n) is 6.31. The predicted molar refractivity (Wildman–Crippen MR) is 77.8 cm³/mol. The molecule has 2 rings (SSSR count). The minimum Gasteiger partial charge on any atom is -0.354 e. The molecule has 0 unspecified atom stereocenters. The van der Waals surface area contributed by atoms with E-state index in [0.717, 1.165) is 17.4 Å². The van der Waals surface area contributed by atoms with Gasteiger partial charge in [0.25, 0.3) is 0 Å². The largest absolute Gasteiger partial charge is 0.354 e. The number of nitrogens with zero attached hydrogens (tertiary/aromatic N) is 4. The number of hydrogen-bond donors (Lipinski definition) is 0. The Morgan fingerprint density at radius 3 is 2.60 bits per heavy atom. The average molecular weight is 296 g/mol. The Balaban J connectivity index is 2.24. The van der Waals surface area contributed by atoms with Crippen LogP contribution < -0.4 is 0 Å². The molecule has 0 atom stereocenters. The molecule has 0 aliphatic heterocycles. The predicted octanol–water partition coefficient (Wildman–Crippen LogP) is 1.55. The molecule has 0 saturated carbocycles. The van der Waals surface area contributed by atoms with E-state index < -0.39 is 0 Å². The average Bonchev–Trinajstić information content (AvgIpc) is 3.03. The summed E-state index contributed by atoms with van der Waals surface area (Å²) in [4.78, 5) is 0. The van der Waals surface area contributed by atoms with Gasteiger partial charge < -0.3 is 18.6 Å². The summed E-state index contributed by atoms with van der Waals surface area (Å²) in [7, 11) is 5.29. The van der Waals surface area contributed by atoms with Gasteiger partial charge in [0.05, 0.1) is 6.54 Å². The number of thioether (sulfide) groups is 1. The molecule has 110 valence electrons. The summed E-state index contributed by atoms with van der Waals surface area (Å²) in [6.07, 6.45) is 4.45. The lowest BCUT2D eigenvalue weighted by Crippen LogP contribution is -2.22. The van der Waals surface area contributed by atoms with E-state index in [4.69, 9.17) is 9.47 Å². The molecule has 7 heteroatoms. The number of ether oxygens (including phenoxy) is 2. The summed E-state index contributed by atoms with van der Waals surface area (Å²) in [5, 5.41) is 9.38. The van der Waals surface area contributed by atoms with Gasteiger partial charge in [-0.15, -0.1) is 10.2 Å². The summed E-state index contributed by atoms with van der Waals surface area (Å²) in [6, 6.07) is 4.11. The van der Waals surface area contributed by atoms with E-state index in [0.29, 0.717) is 6.54 Å². The second-order valence-corrected chi connectivity index (χ2v) is 5.18. The molecule has 2 aromatic heterocycles. The van der Waals surface area contributed by atoms with Crippen molar-refractivity contribution in [1.82, 2.24) is 19.3 Å². The van der Waals surface area contributed by atoms with Crippen molar-refractivity contribution < 1.29 is 9.47 Å². The van der Waals surface area contributed by atoms with Crippen LogP contribution in [0.25, 0.3) is 0 Å². The van der Waals surface area contributed by atoms with Gasteiger partial charge >= 0.3 is 0 Å². The quantitative estimate of drug-likeness (QED) is 0.573. The first kappa shape index (κ1) is 15.1. The number of aryl methyl sites for hydroxylation is 1. The van der Waals surface area contributed by atoms with Crippen LogP contribution in [0.2, 0.25) is 0 Å². The standard InChI is InChI=1S/C13H20N4O2S/c1-16-7-5-6-10(16)8-11-14-15-13(20-4)17(11)9-12(18-2)19-3/h5-7,12H,8-9H2,1-4H3. The maximum atomic E-state index is 5.27. The molecule has 0 aromatic carbocycles. The van der Waals surface area contributed by atoms with Crippen LogP contribution in [0.5, 0.6) is 0 Å². The second-order valence-electron chi connectivity index (χ2n) is 4.40. The van der Waals surface area contributed by atoms with Gasteiger partial charge in [-0.05, 0) is 18.4 Å². The normalized spacial score (nSPS) is 11.4. The highest BCUT2D eigenvalue weighted by Gasteiger charge is 2.17. The van der Waals surface area contributed by atoms with E-state index in [1.54, 1.807) is 26.0 Å². The van der Waals surface area contributed by atoms with Gasteiger partial charge in [0, 0.05) is 39.6 Å². The summed E-state index contributed by atoms with van der Waals surface area (Å²) < 4.78 is 14.7. The molecule has 0 aliphatic rings. The zero-order chi connectivity index (χ0) is 14.5. The second kappa shape index (κ2) is 6.92. The Bertz CT molecular complexity index is 548. The molecule has 20 heavy (non-hydrogen) atoms. The van der Waals surface area contributed by atoms with Gasteiger partial charge in [0.1, 0.15) is 5.82 Å². The summed E-state index contributed by atoms with van der Waals surface area (Å²) in [5.74, 6) is 0.912. The topological polar surface area (TPSA) is 54.1 Å². The van der Waals surface area contributed by atoms with Crippen LogP contribution in [0.15, 0.2) is 23.5 Å². The number of hydrogen-bond acceptors (Lipinski definition) is 5. The third-order valence-electron chi connectivity index (χ3n) is 3.22. The van der Waals surface area contributed by atoms with Crippen LogP contribution in [-0.4, -0.2) is 46.1 Å². The van der Waals surface area contributed by atoms with Gasteiger partial charge in [-0.3, -0.25) is 0 Å². The summed E-state index contributed by atoms with van der Waals surface area (Å²) >= 11 is 1.57. The third kappa shape index (κ3) is 3.23. The van der Waals surface area contributed by atoms with Crippen molar-refractivity contribution in [2.45, 2.75) is 24.4 Å². The maximum absolute atomic E-state index is 5.27. The van der Waals surface area contributed by atoms with E-state index in [2.05, 4.69) is 25.4 Å². The fraction of sp³-hybridized carbons (Fsp3) is 0.538. The van der Waals surface area contributed by atoms with E-state index in [-0.39, 0.29) is 6.29 Å². The molecule has 0 aliphatic carbocycles. The molecule has 6 nitrogen and oxygen atoms in total. The Morgan fingerprint density at radius 2 is 2.05 bits per heavy atom. The fourth-order valence-electron chi connectivity index (χ4n) is 2.02. The molecule has 2 aromatic rings. The molecule has 2 heterocycles. The molecule has 0 fully saturated rings. The van der Waals surface area contributed by atoms with Crippen molar-refractivity contribution in [3.05, 3.63) is 29.8 Å². The minimum absolute atomic E-state index is 0.302. The molecule has 0 bridgehead atoms. The minimum atomic E-state index is -0.302. The maximum Gasteiger partial charge on any atom is 0.191 e. The van der Waals surface area contributed by atoms with Crippen LogP contribution in [-0.2, 0) is 29.5 Å². The molecule has 0 radical (unpaired) electrons. The lowest BCUT2D eigenvalue weighted by Gasteiger charge is -2.16. The first-order valence-corrected chi connectivity index (χ1v) is 7.54. The van der Waals surface area contributed by atoms with E-state index in [1.165, 1.54) is 5.69 Å². The third-order valence-corrected chi connectivity index (χ3v) is 3.89. The van der Waals surface area contributed by atoms with Crippen LogP contribution in [0.3, 0.4) is 0 Å². The van der Waals surface area contributed by atoms with Gasteiger partial charge in [-0.25, -0.2) is 0 Å². The van der Waals surface area contributed by atoms with Gasteiger partial charge in [0.2, 0.25) is 0 Å². The van der Waals surface area contributed by atoms with Crippen molar-refractivity contribution in [3.8, 4) is 0 Å². The zero-order valence-electron chi connectivity index (χ0n) is 12.2. The molecule has 0 N–H and O–H groups in total. The number of rotatable bonds is 7. The van der Waals surface area contributed by atoms with Crippen molar-refractivity contribution in [2.24, 2.45) is 7.05 Å². The van der Waals surface area contributed by atoms with Crippen molar-refractivity contribution in [2.75, 3.05) is 20.5 Å². The highest BCUT2D eigenvalue weighted by molar-refractivity contribution is 7.98. The summed E-state index contributed by atoms with van der Waals surface area (Å²) in [6.45, 7) is 0.579. The molecule has 0 amide bonds. The van der Waals surface area contributed by atoms with Crippen LogP contribution >= 0.6 is 11.8 Å². The van der Waals surface area contributed by atoms with Crippen molar-refractivity contribution in [1.29, 1.82) is 0 Å². The van der Waals surface area contributed by atoms with Gasteiger partial charge in [-0.2, -0.15) is 0 Å². The molecule has 0 spiro atoms. The van der Waals surface area contributed by atoms with Gasteiger partial charge in [0.15, 0.2) is 11.4 Å². The SMILES string of the molecule is COC(Cn1c(Cc2cccn2C)nnc1SC)OC. The van der Waals surface area contributed by atoms with E-state index >= 15 is 0 Å². The zero-order valence-corrected chi connectivity index (χ0v) is 13.1. The lowest BCUT2D eigenvalue weighted by molar-refractivity contribution is -0.112. The monoisotopic (exact) mass is 296 g/mol. The van der Waals surface area contributed by atoms with Crippen LogP contribution in [0, 0.1) is 0 Å². The highest BCUT2D eigenvalue weighted by atomic mass is 32.2. The van der Waals surface area contributed by atoms with Gasteiger partial charge in [-0.1, -0.05) is 11.8 Å². The van der Waals surface area contributed by atoms with Crippen molar-refractivity contribution >= 4 is 11.8 Å².